The smallest absolute Gasteiger partial charge is 0.148 e. The Morgan fingerprint density at radius 3 is 1.77 bits per heavy atom. The second-order valence-corrected chi connectivity index (χ2v) is 19.6. The van der Waals surface area contributed by atoms with Crippen molar-refractivity contribution in [3.63, 3.8) is 0 Å². The second kappa shape index (κ2) is 16.5. The molecule has 0 spiro atoms. The summed E-state index contributed by atoms with van der Waals surface area (Å²) < 4.78 is 4.54. The first-order chi connectivity index (χ1) is 30.7. The second-order valence-electron chi connectivity index (χ2n) is 19.6. The first-order valence-corrected chi connectivity index (χ1v) is 22.2. The van der Waals surface area contributed by atoms with Crippen molar-refractivity contribution in [2.24, 2.45) is 0 Å². The van der Waals surface area contributed by atoms with Crippen LogP contribution in [0.25, 0.3) is 78.0 Å². The van der Waals surface area contributed by atoms with Gasteiger partial charge < -0.3 is 9.67 Å². The number of hydrogen-bond donors (Lipinski definition) is 1. The minimum Gasteiger partial charge on any atom is -0.507 e. The van der Waals surface area contributed by atoms with E-state index in [1.54, 1.807) is 0 Å². The Labute approximate surface area is 396 Å². The van der Waals surface area contributed by atoms with Crippen LogP contribution in [0.1, 0.15) is 77.6 Å². The number of para-hydroxylation sites is 4. The number of aromatic hydroxyl groups is 1. The molecular weight excluding hydrogens is 976 g/mol. The van der Waals surface area contributed by atoms with Gasteiger partial charge in [0.1, 0.15) is 11.6 Å². The largest absolute Gasteiger partial charge is 0.507 e. The standard InChI is InChI=1S/C59H53N4O.Pt/c1-57(2,3)41-36-48(55(64)49(37-41)58(4,5)6)56-61-53-45(28-20-30-51(53)63(56)44-25-16-11-17-26-44)38-33-39(35-42(34-38)59(7,8)40-21-12-9-13-22-40)52-54-47(31-32-60-52)46-27-18-19-29-50(46)62(54)43-23-14-10-15-24-43;/h9-32,34-37,64H,1-8H3;/q-1;. The number of aromatic nitrogens is 4. The van der Waals surface area contributed by atoms with E-state index in [9.17, 15) is 5.11 Å². The van der Waals surface area contributed by atoms with Crippen molar-refractivity contribution in [1.29, 1.82) is 0 Å². The minimum absolute atomic E-state index is 0. The Bertz CT molecular complexity index is 3370. The van der Waals surface area contributed by atoms with Crippen molar-refractivity contribution in [2.45, 2.75) is 71.6 Å². The van der Waals surface area contributed by atoms with Gasteiger partial charge in [0.05, 0.1) is 22.1 Å². The van der Waals surface area contributed by atoms with Gasteiger partial charge in [0.2, 0.25) is 0 Å². The van der Waals surface area contributed by atoms with E-state index in [1.807, 2.05) is 12.3 Å². The van der Waals surface area contributed by atoms with E-state index in [4.69, 9.17) is 9.97 Å². The van der Waals surface area contributed by atoms with Crippen molar-refractivity contribution in [3.8, 4) is 50.9 Å². The van der Waals surface area contributed by atoms with E-state index in [0.717, 1.165) is 77.9 Å². The number of rotatable bonds is 7. The summed E-state index contributed by atoms with van der Waals surface area (Å²) in [5.74, 6) is 0.936. The maximum Gasteiger partial charge on any atom is 0.148 e. The van der Waals surface area contributed by atoms with Crippen LogP contribution in [0, 0.1) is 6.07 Å². The summed E-state index contributed by atoms with van der Waals surface area (Å²) in [6, 6.07) is 61.6. The van der Waals surface area contributed by atoms with E-state index in [1.165, 1.54) is 10.9 Å². The Hall–Kier alpha value is -6.55. The fourth-order valence-electron chi connectivity index (χ4n) is 9.33. The van der Waals surface area contributed by atoms with Crippen LogP contribution >= 0.6 is 0 Å². The summed E-state index contributed by atoms with van der Waals surface area (Å²) in [6.07, 6.45) is 1.93. The van der Waals surface area contributed by atoms with Crippen LogP contribution in [0.4, 0.5) is 0 Å². The number of nitrogens with zero attached hydrogens (tertiary/aromatic N) is 4. The molecule has 0 fully saturated rings. The normalized spacial score (nSPS) is 12.2. The van der Waals surface area contributed by atoms with E-state index < -0.39 is 0 Å². The molecule has 0 atom stereocenters. The molecule has 6 heteroatoms. The molecule has 0 aliphatic carbocycles. The summed E-state index contributed by atoms with van der Waals surface area (Å²) in [5.41, 5.74) is 13.8. The molecule has 0 aliphatic rings. The molecule has 3 aromatic heterocycles. The molecule has 0 saturated heterocycles. The summed E-state index contributed by atoms with van der Waals surface area (Å²) >= 11 is 0. The summed E-state index contributed by atoms with van der Waals surface area (Å²) in [6.45, 7) is 17.7. The minimum atomic E-state index is -0.384. The van der Waals surface area contributed by atoms with Gasteiger partial charge in [-0.3, -0.25) is 9.55 Å². The van der Waals surface area contributed by atoms with Gasteiger partial charge in [-0.2, -0.15) is 0 Å². The fraction of sp³-hybridized carbons (Fsp3) is 0.186. The average Bonchev–Trinajstić information content (AvgIpc) is 3.86. The molecular formula is C59H53N4OPt-. The van der Waals surface area contributed by atoms with Crippen LogP contribution in [0.2, 0.25) is 0 Å². The molecule has 0 aliphatic heterocycles. The van der Waals surface area contributed by atoms with Crippen molar-refractivity contribution in [3.05, 3.63) is 198 Å². The van der Waals surface area contributed by atoms with Gasteiger partial charge in [0.25, 0.3) is 0 Å². The Morgan fingerprint density at radius 2 is 1.11 bits per heavy atom. The number of phenolic OH excluding ortho intramolecular Hbond substituents is 1. The first-order valence-electron chi connectivity index (χ1n) is 22.2. The molecule has 0 unspecified atom stereocenters. The van der Waals surface area contributed by atoms with Crippen molar-refractivity contribution in [2.75, 3.05) is 0 Å². The van der Waals surface area contributed by atoms with Gasteiger partial charge >= 0.3 is 0 Å². The maximum atomic E-state index is 12.3. The zero-order valence-electron chi connectivity index (χ0n) is 38.2. The quantitative estimate of drug-likeness (QED) is 0.162. The van der Waals surface area contributed by atoms with Crippen LogP contribution in [-0.2, 0) is 37.3 Å². The SMILES string of the molecule is CC(C)(C)c1cc(-c2nc3c(-c4[c-]c(-c5nccc6c7ccccc7n(-c7ccccc7)c56)cc(C(C)(C)c5ccccc5)c4)cccc3n2-c2ccccc2)c(O)c(C(C)(C)C)c1.[Pt]. The number of pyridine rings is 1. The van der Waals surface area contributed by atoms with E-state index >= 15 is 0 Å². The number of fused-ring (bicyclic) bond motifs is 4. The zero-order valence-corrected chi connectivity index (χ0v) is 40.5. The van der Waals surface area contributed by atoms with Crippen LogP contribution < -0.4 is 0 Å². The van der Waals surface area contributed by atoms with Crippen LogP contribution in [-0.4, -0.2) is 24.2 Å². The molecule has 0 radical (unpaired) electrons. The molecule has 5 nitrogen and oxygen atoms in total. The fourth-order valence-corrected chi connectivity index (χ4v) is 9.33. The van der Waals surface area contributed by atoms with Gasteiger partial charge in [-0.05, 0) is 70.5 Å². The van der Waals surface area contributed by atoms with Gasteiger partial charge in [-0.1, -0.05) is 170 Å². The third kappa shape index (κ3) is 7.60. The third-order valence-corrected chi connectivity index (χ3v) is 13.0. The molecule has 10 aromatic rings. The average molecular weight is 1030 g/mol. The Balaban J connectivity index is 0.00000533. The van der Waals surface area contributed by atoms with Gasteiger partial charge in [-0.25, -0.2) is 4.98 Å². The van der Waals surface area contributed by atoms with Gasteiger partial charge in [0.15, 0.2) is 0 Å². The van der Waals surface area contributed by atoms with E-state index in [-0.39, 0.29) is 43.1 Å². The molecule has 0 amide bonds. The summed E-state index contributed by atoms with van der Waals surface area (Å²) in [7, 11) is 0. The summed E-state index contributed by atoms with van der Waals surface area (Å²) in [4.78, 5) is 10.8. The predicted octanol–water partition coefficient (Wildman–Crippen LogP) is 14.9. The molecule has 1 N–H and O–H groups in total. The molecule has 65 heavy (non-hydrogen) atoms. The number of benzene rings is 7. The maximum absolute atomic E-state index is 12.3. The van der Waals surface area contributed by atoms with Gasteiger partial charge in [-0.15, -0.1) is 29.3 Å². The monoisotopic (exact) mass is 1030 g/mol. The van der Waals surface area contributed by atoms with Crippen LogP contribution in [0.5, 0.6) is 5.75 Å². The molecule has 326 valence electrons. The first kappa shape index (κ1) is 43.7. The number of phenols is 1. The topological polar surface area (TPSA) is 55.9 Å². The van der Waals surface area contributed by atoms with E-state index in [0.29, 0.717) is 11.4 Å². The zero-order chi connectivity index (χ0) is 44.5. The number of hydrogen-bond acceptors (Lipinski definition) is 3. The van der Waals surface area contributed by atoms with Crippen molar-refractivity contribution < 1.29 is 26.2 Å². The van der Waals surface area contributed by atoms with Gasteiger partial charge in [0, 0.05) is 71.6 Å². The van der Waals surface area contributed by atoms with Crippen molar-refractivity contribution >= 4 is 32.8 Å². The molecule has 10 rings (SSSR count). The Kier molecular flexibility index (Phi) is 11.1. The summed E-state index contributed by atoms with van der Waals surface area (Å²) in [5, 5.41) is 14.6. The molecule has 0 saturated carbocycles. The number of imidazole rings is 1. The van der Waals surface area contributed by atoms with Crippen LogP contribution in [0.3, 0.4) is 0 Å². The Morgan fingerprint density at radius 1 is 0.508 bits per heavy atom. The third-order valence-electron chi connectivity index (χ3n) is 13.0. The molecule has 3 heterocycles. The molecule has 7 aromatic carbocycles. The predicted molar refractivity (Wildman–Crippen MR) is 266 cm³/mol. The van der Waals surface area contributed by atoms with Crippen molar-refractivity contribution in [1.82, 2.24) is 19.1 Å². The van der Waals surface area contributed by atoms with Crippen LogP contribution in [0.15, 0.2) is 170 Å². The molecule has 0 bridgehead atoms. The van der Waals surface area contributed by atoms with E-state index in [2.05, 4.69) is 228 Å².